The summed E-state index contributed by atoms with van der Waals surface area (Å²) in [6.45, 7) is 0. The van der Waals surface area contributed by atoms with E-state index in [2.05, 4.69) is 0 Å². The predicted molar refractivity (Wildman–Crippen MR) is 45.8 cm³/mol. The smallest absolute Gasteiger partial charge is 0.306 e. The van der Waals surface area contributed by atoms with Crippen LogP contribution in [0.25, 0.3) is 0 Å². The van der Waals surface area contributed by atoms with E-state index in [1.165, 1.54) is 19.3 Å². The molecule has 0 aromatic carbocycles. The van der Waals surface area contributed by atoms with Crippen LogP contribution in [0.2, 0.25) is 0 Å². The van der Waals surface area contributed by atoms with E-state index >= 15 is 0 Å². The molecule has 0 heterocycles. The maximum Gasteiger partial charge on any atom is 0.306 e. The zero-order chi connectivity index (χ0) is 8.55. The molecule has 2 aliphatic carbocycles. The van der Waals surface area contributed by atoms with Crippen molar-refractivity contribution in [1.29, 1.82) is 0 Å². The number of hydrogen-bond acceptors (Lipinski definition) is 1. The fraction of sp³-hybridized carbons (Fsp3) is 0.900. The molecule has 0 spiro atoms. The molecule has 0 aromatic rings. The first-order chi connectivity index (χ1) is 5.77. The van der Waals surface area contributed by atoms with Crippen molar-refractivity contribution in [2.75, 3.05) is 0 Å². The van der Waals surface area contributed by atoms with Gasteiger partial charge in [0.25, 0.3) is 0 Å². The first kappa shape index (κ1) is 8.09. The van der Waals surface area contributed by atoms with Crippen LogP contribution in [-0.4, -0.2) is 11.1 Å². The van der Waals surface area contributed by atoms with Crippen LogP contribution in [-0.2, 0) is 4.79 Å². The number of fused-ring (bicyclic) bond motifs is 1. The highest BCUT2D eigenvalue weighted by atomic mass is 16.4. The molecule has 0 unspecified atom stereocenters. The lowest BCUT2D eigenvalue weighted by Crippen LogP contribution is -2.15. The standard InChI is InChI=1S/C10H16O2/c11-10(12)7-2-1-3-8-6-9(8)5-4-7/h7-9H,1-6H2,(H,11,12)/t7-,8-,9+/m1/s1. The maximum atomic E-state index is 10.7. The molecule has 2 saturated carbocycles. The molecule has 2 aliphatic rings. The van der Waals surface area contributed by atoms with Crippen molar-refractivity contribution < 1.29 is 9.90 Å². The zero-order valence-electron chi connectivity index (χ0n) is 7.33. The Hall–Kier alpha value is -0.530. The monoisotopic (exact) mass is 168 g/mol. The van der Waals surface area contributed by atoms with Crippen LogP contribution in [0.4, 0.5) is 0 Å². The van der Waals surface area contributed by atoms with Gasteiger partial charge in [-0.1, -0.05) is 12.8 Å². The largest absolute Gasteiger partial charge is 0.481 e. The molecular formula is C10H16O2. The molecule has 2 nitrogen and oxygen atoms in total. The van der Waals surface area contributed by atoms with Gasteiger partial charge in [-0.05, 0) is 37.5 Å². The first-order valence-corrected chi connectivity index (χ1v) is 5.00. The molecule has 2 heteroatoms. The second-order valence-corrected chi connectivity index (χ2v) is 4.30. The molecule has 0 aromatic heterocycles. The maximum absolute atomic E-state index is 10.7. The number of carbonyl (C=O) groups is 1. The molecule has 0 amide bonds. The number of aliphatic carboxylic acids is 1. The molecule has 0 saturated heterocycles. The van der Waals surface area contributed by atoms with E-state index < -0.39 is 5.97 Å². The van der Waals surface area contributed by atoms with Gasteiger partial charge in [0.05, 0.1) is 5.92 Å². The molecule has 3 atom stereocenters. The molecule has 12 heavy (non-hydrogen) atoms. The van der Waals surface area contributed by atoms with Crippen molar-refractivity contribution in [3.63, 3.8) is 0 Å². The second kappa shape index (κ2) is 3.08. The minimum Gasteiger partial charge on any atom is -0.481 e. The summed E-state index contributed by atoms with van der Waals surface area (Å²) in [4.78, 5) is 10.7. The third-order valence-electron chi connectivity index (χ3n) is 3.43. The minimum atomic E-state index is -0.575. The third-order valence-corrected chi connectivity index (χ3v) is 3.43. The molecule has 68 valence electrons. The highest BCUT2D eigenvalue weighted by Gasteiger charge is 2.38. The Morgan fingerprint density at radius 2 is 1.83 bits per heavy atom. The van der Waals surface area contributed by atoms with E-state index in [4.69, 9.17) is 5.11 Å². The summed E-state index contributed by atoms with van der Waals surface area (Å²) in [5.74, 6) is 1.26. The van der Waals surface area contributed by atoms with Crippen LogP contribution in [0.15, 0.2) is 0 Å². The molecule has 1 N–H and O–H groups in total. The van der Waals surface area contributed by atoms with Crippen LogP contribution < -0.4 is 0 Å². The van der Waals surface area contributed by atoms with Crippen LogP contribution in [0.5, 0.6) is 0 Å². The Kier molecular flexibility index (Phi) is 2.07. The summed E-state index contributed by atoms with van der Waals surface area (Å²) >= 11 is 0. The van der Waals surface area contributed by atoms with Crippen molar-refractivity contribution >= 4 is 5.97 Å². The Bertz CT molecular complexity index is 188. The SMILES string of the molecule is O=C(O)[C@@H]1CCC[C@@H]2C[C@@H]2CC1. The van der Waals surface area contributed by atoms with Crippen LogP contribution in [0, 0.1) is 17.8 Å². The Labute approximate surface area is 73.0 Å². The van der Waals surface area contributed by atoms with Gasteiger partial charge >= 0.3 is 5.97 Å². The quantitative estimate of drug-likeness (QED) is 0.652. The summed E-state index contributed by atoms with van der Waals surface area (Å²) in [6.07, 6.45) is 6.82. The minimum absolute atomic E-state index is 0.0356. The Morgan fingerprint density at radius 1 is 1.08 bits per heavy atom. The van der Waals surface area contributed by atoms with Crippen molar-refractivity contribution in [1.82, 2.24) is 0 Å². The van der Waals surface area contributed by atoms with Crippen molar-refractivity contribution in [3.8, 4) is 0 Å². The van der Waals surface area contributed by atoms with Gasteiger partial charge in [-0.25, -0.2) is 0 Å². The molecule has 2 rings (SSSR count). The highest BCUT2D eigenvalue weighted by Crippen LogP contribution is 2.47. The van der Waals surface area contributed by atoms with Gasteiger partial charge in [-0.3, -0.25) is 4.79 Å². The summed E-state index contributed by atoms with van der Waals surface area (Å²) in [7, 11) is 0. The third kappa shape index (κ3) is 1.62. The lowest BCUT2D eigenvalue weighted by Gasteiger charge is -2.14. The Balaban J connectivity index is 1.87. The van der Waals surface area contributed by atoms with Crippen LogP contribution >= 0.6 is 0 Å². The fourth-order valence-corrected chi connectivity index (χ4v) is 2.45. The zero-order valence-corrected chi connectivity index (χ0v) is 7.33. The van der Waals surface area contributed by atoms with E-state index in [9.17, 15) is 4.79 Å². The molecule has 0 radical (unpaired) electrons. The van der Waals surface area contributed by atoms with Gasteiger partial charge in [0, 0.05) is 0 Å². The number of carboxylic acids is 1. The van der Waals surface area contributed by atoms with Gasteiger partial charge in [0.1, 0.15) is 0 Å². The number of hydrogen-bond donors (Lipinski definition) is 1. The van der Waals surface area contributed by atoms with Crippen LogP contribution in [0.1, 0.15) is 38.5 Å². The fourth-order valence-electron chi connectivity index (χ4n) is 2.45. The summed E-state index contributed by atoms with van der Waals surface area (Å²) < 4.78 is 0. The molecule has 2 fully saturated rings. The number of carboxylic acid groups (broad SMARTS) is 1. The summed E-state index contributed by atoms with van der Waals surface area (Å²) in [5.41, 5.74) is 0. The molecule has 0 aliphatic heterocycles. The predicted octanol–water partition coefficient (Wildman–Crippen LogP) is 2.29. The Morgan fingerprint density at radius 3 is 2.58 bits per heavy atom. The van der Waals surface area contributed by atoms with Crippen molar-refractivity contribution in [3.05, 3.63) is 0 Å². The molecular weight excluding hydrogens is 152 g/mol. The van der Waals surface area contributed by atoms with Gasteiger partial charge in [0.2, 0.25) is 0 Å². The average Bonchev–Trinajstić information content (AvgIpc) is 2.66. The first-order valence-electron chi connectivity index (χ1n) is 5.00. The summed E-state index contributed by atoms with van der Waals surface area (Å²) in [6, 6.07) is 0. The van der Waals surface area contributed by atoms with Gasteiger partial charge in [0.15, 0.2) is 0 Å². The van der Waals surface area contributed by atoms with Crippen molar-refractivity contribution in [2.45, 2.75) is 38.5 Å². The van der Waals surface area contributed by atoms with E-state index in [1.807, 2.05) is 0 Å². The van der Waals surface area contributed by atoms with E-state index in [0.717, 1.165) is 31.1 Å². The van der Waals surface area contributed by atoms with Gasteiger partial charge in [-0.2, -0.15) is 0 Å². The highest BCUT2D eigenvalue weighted by molar-refractivity contribution is 5.69. The van der Waals surface area contributed by atoms with E-state index in [0.29, 0.717) is 0 Å². The lowest BCUT2D eigenvalue weighted by atomic mass is 9.91. The molecule has 0 bridgehead atoms. The van der Waals surface area contributed by atoms with Crippen molar-refractivity contribution in [2.24, 2.45) is 17.8 Å². The lowest BCUT2D eigenvalue weighted by molar-refractivity contribution is -0.142. The van der Waals surface area contributed by atoms with E-state index in [1.54, 1.807) is 0 Å². The van der Waals surface area contributed by atoms with E-state index in [-0.39, 0.29) is 5.92 Å². The normalized spacial score (nSPS) is 40.8. The van der Waals surface area contributed by atoms with Gasteiger partial charge < -0.3 is 5.11 Å². The topological polar surface area (TPSA) is 37.3 Å². The second-order valence-electron chi connectivity index (χ2n) is 4.30. The van der Waals surface area contributed by atoms with Crippen LogP contribution in [0.3, 0.4) is 0 Å². The average molecular weight is 168 g/mol. The van der Waals surface area contributed by atoms with Gasteiger partial charge in [-0.15, -0.1) is 0 Å². The number of rotatable bonds is 1. The summed E-state index contributed by atoms with van der Waals surface area (Å²) in [5, 5.41) is 8.85.